The first-order valence-corrected chi connectivity index (χ1v) is 8.99. The molecule has 4 aromatic rings. The zero-order chi connectivity index (χ0) is 17.6. The number of anilines is 1. The van der Waals surface area contributed by atoms with E-state index in [2.05, 4.69) is 9.71 Å². The molecule has 3 heterocycles. The van der Waals surface area contributed by atoms with Gasteiger partial charge in [-0.25, -0.2) is 9.78 Å². The molecule has 0 aliphatic carbocycles. The second-order valence-corrected chi connectivity index (χ2v) is 7.20. The smallest absolute Gasteiger partial charge is 0.336 e. The Bertz CT molecular complexity index is 1280. The number of sulfonamides is 1. The minimum atomic E-state index is -3.98. The molecule has 0 amide bonds. The van der Waals surface area contributed by atoms with Gasteiger partial charge in [0.1, 0.15) is 11.2 Å². The lowest BCUT2D eigenvalue weighted by molar-refractivity contribution is 0.561. The van der Waals surface area contributed by atoms with Crippen molar-refractivity contribution in [2.24, 2.45) is 0 Å². The van der Waals surface area contributed by atoms with Gasteiger partial charge in [0, 0.05) is 23.3 Å². The number of hydrogen-bond acceptors (Lipinski definition) is 5. The summed E-state index contributed by atoms with van der Waals surface area (Å²) in [5.41, 5.74) is 0.623. The Morgan fingerprint density at radius 2 is 1.96 bits per heavy atom. The Morgan fingerprint density at radius 1 is 1.12 bits per heavy atom. The summed E-state index contributed by atoms with van der Waals surface area (Å²) in [4.78, 5) is 15.3. The molecule has 0 aliphatic heterocycles. The van der Waals surface area contributed by atoms with E-state index in [9.17, 15) is 13.2 Å². The van der Waals surface area contributed by atoms with Crippen LogP contribution in [-0.2, 0) is 10.0 Å². The Kier molecular flexibility index (Phi) is 3.52. The van der Waals surface area contributed by atoms with E-state index in [0.29, 0.717) is 22.3 Å². The first-order chi connectivity index (χ1) is 11.9. The number of aromatic nitrogens is 2. The van der Waals surface area contributed by atoms with E-state index < -0.39 is 15.6 Å². The molecule has 126 valence electrons. The normalized spacial score (nSPS) is 11.9. The number of imidazole rings is 1. The highest BCUT2D eigenvalue weighted by Gasteiger charge is 2.24. The van der Waals surface area contributed by atoms with Crippen LogP contribution in [0.4, 0.5) is 5.69 Å². The van der Waals surface area contributed by atoms with Crippen molar-refractivity contribution in [3.05, 3.63) is 70.3 Å². The third-order valence-corrected chi connectivity index (χ3v) is 5.35. The van der Waals surface area contributed by atoms with Gasteiger partial charge in [-0.2, -0.15) is 8.42 Å². The van der Waals surface area contributed by atoms with Crippen molar-refractivity contribution in [1.29, 1.82) is 0 Å². The fraction of sp³-hybridized carbons (Fsp3) is 0. The van der Waals surface area contributed by atoms with Crippen LogP contribution in [0, 0.1) is 0 Å². The molecule has 0 atom stereocenters. The van der Waals surface area contributed by atoms with Crippen molar-refractivity contribution in [3.8, 4) is 0 Å². The lowest BCUT2D eigenvalue weighted by Crippen LogP contribution is -2.15. The van der Waals surface area contributed by atoms with Gasteiger partial charge in [-0.15, -0.1) is 0 Å². The number of nitrogens with zero attached hydrogens (tertiary/aromatic N) is 2. The zero-order valence-corrected chi connectivity index (χ0v) is 14.1. The molecule has 0 bridgehead atoms. The van der Waals surface area contributed by atoms with E-state index in [1.165, 1.54) is 22.6 Å². The molecule has 9 heteroatoms. The summed E-state index contributed by atoms with van der Waals surface area (Å²) >= 11 is 6.03. The number of fused-ring (bicyclic) bond motifs is 2. The van der Waals surface area contributed by atoms with Gasteiger partial charge in [0.25, 0.3) is 10.0 Å². The zero-order valence-electron chi connectivity index (χ0n) is 12.5. The fourth-order valence-corrected chi connectivity index (χ4v) is 4.22. The van der Waals surface area contributed by atoms with E-state index in [1.807, 2.05) is 0 Å². The van der Waals surface area contributed by atoms with Gasteiger partial charge >= 0.3 is 5.63 Å². The Hall–Kier alpha value is -2.84. The fourth-order valence-electron chi connectivity index (χ4n) is 2.52. The Morgan fingerprint density at radius 3 is 2.80 bits per heavy atom. The highest BCUT2D eigenvalue weighted by atomic mass is 35.5. The molecule has 4 rings (SSSR count). The maximum absolute atomic E-state index is 12.8. The third kappa shape index (κ3) is 2.75. The van der Waals surface area contributed by atoms with E-state index >= 15 is 0 Å². The summed E-state index contributed by atoms with van der Waals surface area (Å²) in [5, 5.41) is 0.319. The molecule has 25 heavy (non-hydrogen) atoms. The topological polar surface area (TPSA) is 93.7 Å². The summed E-state index contributed by atoms with van der Waals surface area (Å²) in [5.74, 6) is 0. The molecule has 0 aliphatic rings. The van der Waals surface area contributed by atoms with Crippen molar-refractivity contribution >= 4 is 43.9 Å². The van der Waals surface area contributed by atoms with Crippen molar-refractivity contribution < 1.29 is 12.8 Å². The van der Waals surface area contributed by atoms with Crippen LogP contribution in [0.5, 0.6) is 0 Å². The second-order valence-electron chi connectivity index (χ2n) is 5.25. The van der Waals surface area contributed by atoms with Gasteiger partial charge in [-0.1, -0.05) is 17.7 Å². The first-order valence-electron chi connectivity index (χ1n) is 7.13. The van der Waals surface area contributed by atoms with Crippen LogP contribution in [0.15, 0.2) is 69.0 Å². The molecule has 0 saturated carbocycles. The Balaban J connectivity index is 1.80. The highest BCUT2D eigenvalue weighted by molar-refractivity contribution is 7.92. The van der Waals surface area contributed by atoms with Gasteiger partial charge in [-0.05, 0) is 36.4 Å². The maximum atomic E-state index is 12.8. The molecule has 0 radical (unpaired) electrons. The lowest BCUT2D eigenvalue weighted by Gasteiger charge is -2.09. The van der Waals surface area contributed by atoms with Crippen LogP contribution < -0.4 is 10.3 Å². The van der Waals surface area contributed by atoms with Crippen molar-refractivity contribution in [1.82, 2.24) is 9.38 Å². The predicted molar refractivity (Wildman–Crippen MR) is 93.5 cm³/mol. The SMILES string of the molecule is O=c1ccc2cc(NS(=O)(=O)c3c(Cl)nc4ccccn34)ccc2o1. The van der Waals surface area contributed by atoms with E-state index in [1.54, 1.807) is 36.5 Å². The van der Waals surface area contributed by atoms with Crippen molar-refractivity contribution in [3.63, 3.8) is 0 Å². The van der Waals surface area contributed by atoms with Crippen LogP contribution in [-0.4, -0.2) is 17.8 Å². The molecule has 7 nitrogen and oxygen atoms in total. The minimum Gasteiger partial charge on any atom is -0.423 e. The molecule has 0 fully saturated rings. The quantitative estimate of drug-likeness (QED) is 0.556. The standard InChI is InChI=1S/C16H10ClN3O4S/c17-15-16(20-8-2-1-3-13(20)18-15)25(22,23)19-11-5-6-12-10(9-11)4-7-14(21)24-12/h1-9,19H. The second kappa shape index (κ2) is 5.61. The van der Waals surface area contributed by atoms with E-state index in [0.717, 1.165) is 0 Å². The van der Waals surface area contributed by atoms with Crippen LogP contribution in [0.2, 0.25) is 5.15 Å². The monoisotopic (exact) mass is 375 g/mol. The minimum absolute atomic E-state index is 0.120. The number of rotatable bonds is 3. The molecule has 0 spiro atoms. The predicted octanol–water partition coefficient (Wildman–Crippen LogP) is 2.89. The van der Waals surface area contributed by atoms with Gasteiger partial charge in [-0.3, -0.25) is 9.12 Å². The van der Waals surface area contributed by atoms with E-state index in [4.69, 9.17) is 16.0 Å². The van der Waals surface area contributed by atoms with E-state index in [-0.39, 0.29) is 10.2 Å². The maximum Gasteiger partial charge on any atom is 0.336 e. The van der Waals surface area contributed by atoms with Gasteiger partial charge in [0.2, 0.25) is 0 Å². The number of halogens is 1. The average molecular weight is 376 g/mol. The van der Waals surface area contributed by atoms with Crippen LogP contribution in [0.25, 0.3) is 16.6 Å². The summed E-state index contributed by atoms with van der Waals surface area (Å²) in [6, 6.07) is 12.5. The molecule has 0 saturated heterocycles. The van der Waals surface area contributed by atoms with Gasteiger partial charge in [0.05, 0.1) is 0 Å². The molecule has 1 aromatic carbocycles. The van der Waals surface area contributed by atoms with Crippen LogP contribution in [0.1, 0.15) is 0 Å². The summed E-state index contributed by atoms with van der Waals surface area (Å²) in [6.45, 7) is 0. The molecule has 3 aromatic heterocycles. The molecular weight excluding hydrogens is 366 g/mol. The highest BCUT2D eigenvalue weighted by Crippen LogP contribution is 2.26. The van der Waals surface area contributed by atoms with Gasteiger partial charge in [0.15, 0.2) is 10.2 Å². The average Bonchev–Trinajstić information content (AvgIpc) is 2.91. The molecule has 1 N–H and O–H groups in total. The number of hydrogen-bond donors (Lipinski definition) is 1. The summed E-state index contributed by atoms with van der Waals surface area (Å²) < 4.78 is 34.4. The molecule has 0 unspecified atom stereocenters. The Labute approximate surface area is 146 Å². The van der Waals surface area contributed by atoms with Crippen LogP contribution in [0.3, 0.4) is 0 Å². The summed E-state index contributed by atoms with van der Waals surface area (Å²) in [7, 11) is -3.98. The largest absolute Gasteiger partial charge is 0.423 e. The number of nitrogens with one attached hydrogen (secondary N) is 1. The number of pyridine rings is 1. The van der Waals surface area contributed by atoms with Crippen LogP contribution >= 0.6 is 11.6 Å². The number of benzene rings is 1. The van der Waals surface area contributed by atoms with Crippen molar-refractivity contribution in [2.45, 2.75) is 5.03 Å². The first kappa shape index (κ1) is 15.7. The third-order valence-electron chi connectivity index (χ3n) is 3.57. The molecular formula is C16H10ClN3O4S. The van der Waals surface area contributed by atoms with Gasteiger partial charge < -0.3 is 4.42 Å². The van der Waals surface area contributed by atoms with Crippen molar-refractivity contribution in [2.75, 3.05) is 4.72 Å². The lowest BCUT2D eigenvalue weighted by atomic mass is 10.2. The summed E-state index contributed by atoms with van der Waals surface area (Å²) in [6.07, 6.45) is 1.57.